The van der Waals surface area contributed by atoms with Gasteiger partial charge in [0.05, 0.1) is 30.7 Å². The Hall–Kier alpha value is -2.83. The van der Waals surface area contributed by atoms with E-state index in [1.54, 1.807) is 24.3 Å². The molecule has 0 heterocycles. The molecule has 0 aliphatic carbocycles. The average molecular weight is 365 g/mol. The van der Waals surface area contributed by atoms with Gasteiger partial charge in [-0.2, -0.15) is 13.2 Å². The van der Waals surface area contributed by atoms with Crippen LogP contribution in [-0.4, -0.2) is 19.0 Å². The summed E-state index contributed by atoms with van der Waals surface area (Å²) in [6.07, 6.45) is -4.85. The Kier molecular flexibility index (Phi) is 6.02. The smallest absolute Gasteiger partial charge is 0.417 e. The second-order valence-electron chi connectivity index (χ2n) is 5.76. The first kappa shape index (κ1) is 19.5. The molecule has 0 aromatic heterocycles. The first-order valence-electron chi connectivity index (χ1n) is 7.83. The summed E-state index contributed by atoms with van der Waals surface area (Å²) in [5, 5.41) is 2.51. The summed E-state index contributed by atoms with van der Waals surface area (Å²) in [5.74, 6) is -1.49. The summed E-state index contributed by atoms with van der Waals surface area (Å²) < 4.78 is 44.0. The van der Waals surface area contributed by atoms with Gasteiger partial charge in [0.25, 0.3) is 5.91 Å². The van der Waals surface area contributed by atoms with E-state index in [0.29, 0.717) is 5.56 Å². The number of ether oxygens (including phenoxy) is 1. The number of methoxy groups -OCH3 is 1. The Bertz CT molecular complexity index is 785. The van der Waals surface area contributed by atoms with Crippen molar-refractivity contribution in [3.05, 3.63) is 70.8 Å². The van der Waals surface area contributed by atoms with Crippen LogP contribution in [0, 0.1) is 6.92 Å². The van der Waals surface area contributed by atoms with E-state index in [0.717, 1.165) is 17.7 Å². The molecule has 4 nitrogen and oxygen atoms in total. The lowest BCUT2D eigenvalue weighted by atomic mass is 10.0. The highest BCUT2D eigenvalue weighted by Gasteiger charge is 2.35. The third kappa shape index (κ3) is 4.84. The van der Waals surface area contributed by atoms with Gasteiger partial charge in [0.2, 0.25) is 0 Å². The van der Waals surface area contributed by atoms with Crippen LogP contribution in [0.4, 0.5) is 13.2 Å². The summed E-state index contributed by atoms with van der Waals surface area (Å²) in [7, 11) is 1.20. The number of halogens is 3. The summed E-state index contributed by atoms with van der Waals surface area (Å²) in [4.78, 5) is 24.1. The zero-order chi connectivity index (χ0) is 19.3. The van der Waals surface area contributed by atoms with Gasteiger partial charge in [0, 0.05) is 0 Å². The molecule has 26 heavy (non-hydrogen) atoms. The van der Waals surface area contributed by atoms with Crippen molar-refractivity contribution >= 4 is 11.9 Å². The number of nitrogens with one attached hydrogen (secondary N) is 1. The number of benzene rings is 2. The maximum Gasteiger partial charge on any atom is 0.417 e. The van der Waals surface area contributed by atoms with E-state index in [1.807, 2.05) is 6.92 Å². The van der Waals surface area contributed by atoms with E-state index in [9.17, 15) is 22.8 Å². The lowest BCUT2D eigenvalue weighted by Crippen LogP contribution is -2.32. The van der Waals surface area contributed by atoms with Crippen molar-refractivity contribution in [3.63, 3.8) is 0 Å². The molecular formula is C19H18F3NO3. The van der Waals surface area contributed by atoms with Gasteiger partial charge in [-0.15, -0.1) is 0 Å². The fourth-order valence-corrected chi connectivity index (χ4v) is 2.47. The third-order valence-electron chi connectivity index (χ3n) is 3.86. The van der Waals surface area contributed by atoms with Gasteiger partial charge < -0.3 is 10.1 Å². The van der Waals surface area contributed by atoms with E-state index < -0.39 is 35.2 Å². The minimum atomic E-state index is -4.66. The Morgan fingerprint density at radius 2 is 1.69 bits per heavy atom. The molecule has 1 N–H and O–H groups in total. The molecule has 0 spiro atoms. The maximum atomic E-state index is 13.1. The number of rotatable bonds is 5. The van der Waals surface area contributed by atoms with Crippen LogP contribution in [-0.2, 0) is 15.7 Å². The van der Waals surface area contributed by atoms with Gasteiger partial charge in [-0.1, -0.05) is 42.0 Å². The fraction of sp³-hybridized carbons (Fsp3) is 0.263. The first-order chi connectivity index (χ1) is 12.2. The van der Waals surface area contributed by atoms with Crippen molar-refractivity contribution < 1.29 is 27.5 Å². The van der Waals surface area contributed by atoms with Crippen LogP contribution in [0.5, 0.6) is 0 Å². The van der Waals surface area contributed by atoms with E-state index in [4.69, 9.17) is 0 Å². The van der Waals surface area contributed by atoms with Crippen LogP contribution in [0.3, 0.4) is 0 Å². The van der Waals surface area contributed by atoms with Crippen LogP contribution in [0.25, 0.3) is 0 Å². The standard InChI is InChI=1S/C19H18F3NO3/c1-12-7-9-13(10-8-12)16(11-17(24)26-2)23-18(25)14-5-3-4-6-15(14)19(20,21)22/h3-10,16H,11H2,1-2H3,(H,23,25)/t16-/m0/s1. The molecule has 2 aromatic carbocycles. The molecule has 1 atom stereocenters. The molecule has 0 fully saturated rings. The number of alkyl halides is 3. The number of hydrogen-bond acceptors (Lipinski definition) is 3. The average Bonchev–Trinajstić information content (AvgIpc) is 2.61. The summed E-state index contributed by atoms with van der Waals surface area (Å²) >= 11 is 0. The quantitative estimate of drug-likeness (QED) is 0.814. The minimum absolute atomic E-state index is 0.195. The maximum absolute atomic E-state index is 13.1. The Balaban J connectivity index is 2.32. The molecule has 0 radical (unpaired) electrons. The van der Waals surface area contributed by atoms with E-state index in [2.05, 4.69) is 10.1 Å². The Morgan fingerprint density at radius 1 is 1.08 bits per heavy atom. The Morgan fingerprint density at radius 3 is 2.27 bits per heavy atom. The van der Waals surface area contributed by atoms with Crippen LogP contribution in [0.2, 0.25) is 0 Å². The van der Waals surface area contributed by atoms with Gasteiger partial charge in [-0.25, -0.2) is 0 Å². The van der Waals surface area contributed by atoms with Gasteiger partial charge in [-0.05, 0) is 24.6 Å². The SMILES string of the molecule is COC(=O)C[C@H](NC(=O)c1ccccc1C(F)(F)F)c1ccc(C)cc1. The number of carbonyl (C=O) groups is 2. The Labute approximate surface area is 149 Å². The second kappa shape index (κ2) is 8.03. The minimum Gasteiger partial charge on any atom is -0.469 e. The van der Waals surface area contributed by atoms with E-state index in [-0.39, 0.29) is 6.42 Å². The zero-order valence-electron chi connectivity index (χ0n) is 14.3. The third-order valence-corrected chi connectivity index (χ3v) is 3.86. The molecule has 0 saturated heterocycles. The summed E-state index contributed by atoms with van der Waals surface area (Å²) in [5.41, 5.74) is 0.0401. The number of carbonyl (C=O) groups excluding carboxylic acids is 2. The summed E-state index contributed by atoms with van der Waals surface area (Å²) in [6.45, 7) is 1.87. The van der Waals surface area contributed by atoms with Crippen LogP contribution in [0.1, 0.15) is 39.5 Å². The summed E-state index contributed by atoms with van der Waals surface area (Å²) in [6, 6.07) is 10.7. The van der Waals surface area contributed by atoms with Crippen molar-refractivity contribution in [1.29, 1.82) is 0 Å². The zero-order valence-corrected chi connectivity index (χ0v) is 14.3. The van der Waals surface area contributed by atoms with Crippen LogP contribution in [0.15, 0.2) is 48.5 Å². The van der Waals surface area contributed by atoms with Gasteiger partial charge in [0.15, 0.2) is 0 Å². The highest BCUT2D eigenvalue weighted by molar-refractivity contribution is 5.96. The lowest BCUT2D eigenvalue weighted by Gasteiger charge is -2.20. The molecule has 0 bridgehead atoms. The highest BCUT2D eigenvalue weighted by atomic mass is 19.4. The van der Waals surface area contributed by atoms with Crippen molar-refractivity contribution in [3.8, 4) is 0 Å². The van der Waals surface area contributed by atoms with Gasteiger partial charge >= 0.3 is 12.1 Å². The van der Waals surface area contributed by atoms with Crippen molar-refractivity contribution in [2.24, 2.45) is 0 Å². The second-order valence-corrected chi connectivity index (χ2v) is 5.76. The number of esters is 1. The predicted octanol–water partition coefficient (Wildman–Crippen LogP) is 4.05. The molecular weight excluding hydrogens is 347 g/mol. The van der Waals surface area contributed by atoms with E-state index in [1.165, 1.54) is 19.2 Å². The molecule has 1 amide bonds. The molecule has 0 aliphatic heterocycles. The molecule has 7 heteroatoms. The lowest BCUT2D eigenvalue weighted by molar-refractivity contribution is -0.141. The fourth-order valence-electron chi connectivity index (χ4n) is 2.47. The van der Waals surface area contributed by atoms with E-state index >= 15 is 0 Å². The van der Waals surface area contributed by atoms with Crippen LogP contribution >= 0.6 is 0 Å². The van der Waals surface area contributed by atoms with Crippen LogP contribution < -0.4 is 5.32 Å². The number of aryl methyl sites for hydroxylation is 1. The van der Waals surface area contributed by atoms with Crippen molar-refractivity contribution in [2.45, 2.75) is 25.6 Å². The number of amides is 1. The number of hydrogen-bond donors (Lipinski definition) is 1. The molecule has 0 saturated carbocycles. The predicted molar refractivity (Wildman–Crippen MR) is 89.5 cm³/mol. The largest absolute Gasteiger partial charge is 0.469 e. The van der Waals surface area contributed by atoms with Crippen molar-refractivity contribution in [1.82, 2.24) is 5.32 Å². The topological polar surface area (TPSA) is 55.4 Å². The molecule has 2 rings (SSSR count). The molecule has 0 aliphatic rings. The van der Waals surface area contributed by atoms with Gasteiger partial charge in [-0.3, -0.25) is 9.59 Å². The molecule has 0 unspecified atom stereocenters. The highest BCUT2D eigenvalue weighted by Crippen LogP contribution is 2.32. The van der Waals surface area contributed by atoms with Crippen molar-refractivity contribution in [2.75, 3.05) is 7.11 Å². The molecule has 2 aromatic rings. The first-order valence-corrected chi connectivity index (χ1v) is 7.83. The normalized spacial score (nSPS) is 12.3. The monoisotopic (exact) mass is 365 g/mol. The van der Waals surface area contributed by atoms with Gasteiger partial charge in [0.1, 0.15) is 0 Å². The molecule has 138 valence electrons.